The van der Waals surface area contributed by atoms with Crippen LogP contribution in [0.5, 0.6) is 0 Å². The summed E-state index contributed by atoms with van der Waals surface area (Å²) in [6.07, 6.45) is 2.32. The first-order valence-corrected chi connectivity index (χ1v) is 6.93. The quantitative estimate of drug-likeness (QED) is 0.903. The fourth-order valence-electron chi connectivity index (χ4n) is 2.74. The molecule has 0 radical (unpaired) electrons. The zero-order valence-electron chi connectivity index (χ0n) is 11.6. The molecule has 0 spiro atoms. The zero-order valence-corrected chi connectivity index (χ0v) is 11.6. The van der Waals surface area contributed by atoms with Gasteiger partial charge in [-0.3, -0.25) is 4.90 Å². The van der Waals surface area contributed by atoms with Gasteiger partial charge in [-0.1, -0.05) is 6.07 Å². The van der Waals surface area contributed by atoms with Gasteiger partial charge in [0.1, 0.15) is 0 Å². The Bertz CT molecular complexity index is 415. The maximum Gasteiger partial charge on any atom is 0.159 e. The lowest BCUT2D eigenvalue weighted by atomic mass is 9.90. The first-order chi connectivity index (χ1) is 9.10. The summed E-state index contributed by atoms with van der Waals surface area (Å²) in [5.41, 5.74) is 0.846. The van der Waals surface area contributed by atoms with Gasteiger partial charge >= 0.3 is 0 Å². The Balaban J connectivity index is 1.87. The van der Waals surface area contributed by atoms with Crippen molar-refractivity contribution in [3.05, 3.63) is 35.4 Å². The van der Waals surface area contributed by atoms with Gasteiger partial charge in [-0.2, -0.15) is 0 Å². The summed E-state index contributed by atoms with van der Waals surface area (Å²) < 4.78 is 26.0. The summed E-state index contributed by atoms with van der Waals surface area (Å²) in [7, 11) is 2.00. The van der Waals surface area contributed by atoms with Crippen molar-refractivity contribution in [3.63, 3.8) is 0 Å². The van der Waals surface area contributed by atoms with Gasteiger partial charge < -0.3 is 5.32 Å². The predicted molar refractivity (Wildman–Crippen MR) is 72.9 cm³/mol. The van der Waals surface area contributed by atoms with Crippen molar-refractivity contribution in [2.45, 2.75) is 32.4 Å². The van der Waals surface area contributed by atoms with E-state index in [1.807, 2.05) is 7.05 Å². The Morgan fingerprint density at radius 3 is 2.53 bits per heavy atom. The number of hydrogen-bond donors (Lipinski definition) is 1. The summed E-state index contributed by atoms with van der Waals surface area (Å²) >= 11 is 0. The van der Waals surface area contributed by atoms with E-state index in [0.717, 1.165) is 31.5 Å². The van der Waals surface area contributed by atoms with Crippen LogP contribution in [0.2, 0.25) is 0 Å². The number of hydrogen-bond acceptors (Lipinski definition) is 2. The lowest BCUT2D eigenvalue weighted by molar-refractivity contribution is 0.158. The first kappa shape index (κ1) is 14.4. The van der Waals surface area contributed by atoms with Gasteiger partial charge in [0, 0.05) is 12.6 Å². The van der Waals surface area contributed by atoms with Crippen molar-refractivity contribution in [3.8, 4) is 0 Å². The summed E-state index contributed by atoms with van der Waals surface area (Å²) in [5.74, 6) is -0.812. The van der Waals surface area contributed by atoms with E-state index in [0.29, 0.717) is 18.5 Å². The van der Waals surface area contributed by atoms with E-state index in [9.17, 15) is 8.78 Å². The molecule has 19 heavy (non-hydrogen) atoms. The minimum atomic E-state index is -0.773. The molecule has 1 N–H and O–H groups in total. The molecule has 1 saturated heterocycles. The van der Waals surface area contributed by atoms with Crippen LogP contribution < -0.4 is 5.32 Å². The molecule has 1 aromatic carbocycles. The molecule has 1 aliphatic heterocycles. The fourth-order valence-corrected chi connectivity index (χ4v) is 2.74. The van der Waals surface area contributed by atoms with Crippen molar-refractivity contribution in [2.24, 2.45) is 5.92 Å². The van der Waals surface area contributed by atoms with E-state index in [-0.39, 0.29) is 0 Å². The summed E-state index contributed by atoms with van der Waals surface area (Å²) in [6, 6.07) is 4.73. The molecule has 0 aromatic heterocycles. The standard InChI is InChI=1S/C15H22F2N2/c1-11(18-2)13-5-7-19(8-6-13)10-12-3-4-14(16)15(17)9-12/h3-4,9,11,13,18H,5-8,10H2,1-2H3. The Hall–Kier alpha value is -1.00. The molecular formula is C15H22F2N2. The van der Waals surface area contributed by atoms with Crippen LogP contribution in [0.15, 0.2) is 18.2 Å². The predicted octanol–water partition coefficient (Wildman–Crippen LogP) is 2.78. The Kier molecular flexibility index (Phi) is 4.88. The molecule has 0 bridgehead atoms. The zero-order chi connectivity index (χ0) is 13.8. The van der Waals surface area contributed by atoms with E-state index >= 15 is 0 Å². The summed E-state index contributed by atoms with van der Waals surface area (Å²) in [5, 5.41) is 3.30. The van der Waals surface area contributed by atoms with Gasteiger partial charge in [0.2, 0.25) is 0 Å². The summed E-state index contributed by atoms with van der Waals surface area (Å²) in [4.78, 5) is 2.31. The molecule has 106 valence electrons. The highest BCUT2D eigenvalue weighted by atomic mass is 19.2. The molecule has 0 amide bonds. The second-order valence-corrected chi connectivity index (χ2v) is 5.44. The van der Waals surface area contributed by atoms with E-state index in [1.165, 1.54) is 12.1 Å². The van der Waals surface area contributed by atoms with Crippen molar-refractivity contribution >= 4 is 0 Å². The molecule has 2 rings (SSSR count). The maximum absolute atomic E-state index is 13.1. The number of nitrogens with one attached hydrogen (secondary N) is 1. The lowest BCUT2D eigenvalue weighted by Gasteiger charge is -2.34. The third kappa shape index (κ3) is 3.74. The van der Waals surface area contributed by atoms with Gasteiger partial charge in [-0.15, -0.1) is 0 Å². The monoisotopic (exact) mass is 268 g/mol. The van der Waals surface area contributed by atoms with Gasteiger partial charge in [-0.25, -0.2) is 8.78 Å². The van der Waals surface area contributed by atoms with Gasteiger partial charge in [-0.05, 0) is 63.5 Å². The van der Waals surface area contributed by atoms with E-state index < -0.39 is 11.6 Å². The van der Waals surface area contributed by atoms with Crippen molar-refractivity contribution in [1.29, 1.82) is 0 Å². The number of halogens is 2. The third-order valence-electron chi connectivity index (χ3n) is 4.18. The average molecular weight is 268 g/mol. The highest BCUT2D eigenvalue weighted by Crippen LogP contribution is 2.22. The van der Waals surface area contributed by atoms with Gasteiger partial charge in [0.05, 0.1) is 0 Å². The van der Waals surface area contributed by atoms with E-state index in [2.05, 4.69) is 17.1 Å². The van der Waals surface area contributed by atoms with Crippen LogP contribution >= 0.6 is 0 Å². The maximum atomic E-state index is 13.1. The van der Waals surface area contributed by atoms with Crippen LogP contribution in [0.3, 0.4) is 0 Å². The molecule has 1 heterocycles. The molecule has 1 aromatic rings. The normalized spacial score (nSPS) is 19.6. The second-order valence-electron chi connectivity index (χ2n) is 5.44. The minimum Gasteiger partial charge on any atom is -0.317 e. The Morgan fingerprint density at radius 2 is 1.95 bits per heavy atom. The topological polar surface area (TPSA) is 15.3 Å². The number of rotatable bonds is 4. The molecule has 1 atom stereocenters. The highest BCUT2D eigenvalue weighted by Gasteiger charge is 2.22. The number of benzene rings is 1. The molecule has 0 saturated carbocycles. The third-order valence-corrected chi connectivity index (χ3v) is 4.18. The molecule has 2 nitrogen and oxygen atoms in total. The molecule has 0 aliphatic carbocycles. The minimum absolute atomic E-state index is 0.547. The van der Waals surface area contributed by atoms with Crippen LogP contribution in [-0.2, 0) is 6.54 Å². The average Bonchev–Trinajstić information content (AvgIpc) is 2.43. The number of nitrogens with zero attached hydrogens (tertiary/aromatic N) is 1. The highest BCUT2D eigenvalue weighted by molar-refractivity contribution is 5.17. The Morgan fingerprint density at radius 1 is 1.26 bits per heavy atom. The van der Waals surface area contributed by atoms with Gasteiger partial charge in [0.25, 0.3) is 0 Å². The van der Waals surface area contributed by atoms with Crippen LogP contribution in [-0.4, -0.2) is 31.1 Å². The van der Waals surface area contributed by atoms with Gasteiger partial charge in [0.15, 0.2) is 11.6 Å². The molecule has 1 fully saturated rings. The lowest BCUT2D eigenvalue weighted by Crippen LogP contribution is -2.40. The second kappa shape index (κ2) is 6.44. The van der Waals surface area contributed by atoms with Crippen molar-refractivity contribution < 1.29 is 8.78 Å². The Labute approximate surface area is 113 Å². The fraction of sp³-hybridized carbons (Fsp3) is 0.600. The van der Waals surface area contributed by atoms with Crippen LogP contribution in [0.4, 0.5) is 8.78 Å². The van der Waals surface area contributed by atoms with E-state index in [4.69, 9.17) is 0 Å². The number of likely N-dealkylation sites (tertiary alicyclic amines) is 1. The molecule has 1 unspecified atom stereocenters. The van der Waals surface area contributed by atoms with Crippen LogP contribution in [0.25, 0.3) is 0 Å². The SMILES string of the molecule is CNC(C)C1CCN(Cc2ccc(F)c(F)c2)CC1. The van der Waals surface area contributed by atoms with Crippen molar-refractivity contribution in [2.75, 3.05) is 20.1 Å². The van der Waals surface area contributed by atoms with E-state index in [1.54, 1.807) is 6.07 Å². The molecule has 1 aliphatic rings. The number of piperidine rings is 1. The molecular weight excluding hydrogens is 246 g/mol. The summed E-state index contributed by atoms with van der Waals surface area (Å²) in [6.45, 7) is 4.97. The van der Waals surface area contributed by atoms with Crippen LogP contribution in [0.1, 0.15) is 25.3 Å². The van der Waals surface area contributed by atoms with Crippen molar-refractivity contribution in [1.82, 2.24) is 10.2 Å². The largest absolute Gasteiger partial charge is 0.317 e. The first-order valence-electron chi connectivity index (χ1n) is 6.93. The smallest absolute Gasteiger partial charge is 0.159 e. The molecule has 4 heteroatoms. The van der Waals surface area contributed by atoms with Crippen LogP contribution in [0, 0.1) is 17.6 Å².